The van der Waals surface area contributed by atoms with Crippen molar-refractivity contribution in [2.45, 2.75) is 26.4 Å². The molecule has 1 atom stereocenters. The summed E-state index contributed by atoms with van der Waals surface area (Å²) in [7, 11) is 0. The van der Waals surface area contributed by atoms with Gasteiger partial charge in [-0.15, -0.1) is 0 Å². The maximum absolute atomic E-state index is 6.19. The first-order chi connectivity index (χ1) is 11.1. The van der Waals surface area contributed by atoms with Crippen molar-refractivity contribution in [2.24, 2.45) is 0 Å². The van der Waals surface area contributed by atoms with E-state index in [1.807, 2.05) is 43.3 Å². The lowest BCUT2D eigenvalue weighted by Crippen LogP contribution is -2.82. The van der Waals surface area contributed by atoms with Gasteiger partial charge in [-0.2, -0.15) is 0 Å². The predicted molar refractivity (Wildman–Crippen MR) is 94.4 cm³/mol. The second kappa shape index (κ2) is 7.03. The third-order valence-electron chi connectivity index (χ3n) is 4.19. The molecule has 0 aliphatic rings. The van der Waals surface area contributed by atoms with Gasteiger partial charge in [0.25, 0.3) is 0 Å². The van der Waals surface area contributed by atoms with Gasteiger partial charge in [-0.25, -0.2) is 0 Å². The van der Waals surface area contributed by atoms with E-state index in [0.29, 0.717) is 6.04 Å². The smallest absolute Gasteiger partial charge is 0.158 e. The largest absolute Gasteiger partial charge is 0.455 e. The molecule has 2 N–H and O–H groups in total. The summed E-state index contributed by atoms with van der Waals surface area (Å²) in [6.45, 7) is 5.04. The standard InChI is InChI=1S/C20H20ClNO/c1-14-18(9-6-10-19(14)21)20-12-11-17(23-20)13-22-15(2)16-7-4-3-5-8-16/h3-12,15,22H,13H2,1-2H3/p+1/t15-/m0/s1. The van der Waals surface area contributed by atoms with Gasteiger partial charge in [-0.3, -0.25) is 0 Å². The molecule has 3 rings (SSSR count). The van der Waals surface area contributed by atoms with Crippen LogP contribution in [0.4, 0.5) is 0 Å². The molecule has 1 heterocycles. The molecule has 1 aromatic heterocycles. The second-order valence-electron chi connectivity index (χ2n) is 5.82. The summed E-state index contributed by atoms with van der Waals surface area (Å²) in [4.78, 5) is 0. The van der Waals surface area contributed by atoms with Crippen LogP contribution >= 0.6 is 11.6 Å². The molecular weight excluding hydrogens is 306 g/mol. The Hall–Kier alpha value is -2.03. The van der Waals surface area contributed by atoms with E-state index >= 15 is 0 Å². The van der Waals surface area contributed by atoms with Gasteiger partial charge in [0.15, 0.2) is 5.76 Å². The molecule has 23 heavy (non-hydrogen) atoms. The molecule has 0 fully saturated rings. The van der Waals surface area contributed by atoms with E-state index in [9.17, 15) is 0 Å². The van der Waals surface area contributed by atoms with Crippen molar-refractivity contribution in [1.82, 2.24) is 0 Å². The highest BCUT2D eigenvalue weighted by Crippen LogP contribution is 2.29. The fourth-order valence-corrected chi connectivity index (χ4v) is 2.87. The highest BCUT2D eigenvalue weighted by atomic mass is 35.5. The van der Waals surface area contributed by atoms with Gasteiger partial charge in [0.05, 0.1) is 0 Å². The Kier molecular flexibility index (Phi) is 4.85. The molecule has 118 valence electrons. The SMILES string of the molecule is Cc1c(Cl)cccc1-c1ccc(C[NH2+][C@@H](C)c2ccccc2)o1. The van der Waals surface area contributed by atoms with Crippen molar-refractivity contribution in [2.75, 3.05) is 0 Å². The van der Waals surface area contributed by atoms with Crippen LogP contribution in [-0.4, -0.2) is 0 Å². The van der Waals surface area contributed by atoms with Crippen molar-refractivity contribution in [3.63, 3.8) is 0 Å². The summed E-state index contributed by atoms with van der Waals surface area (Å²) in [5.41, 5.74) is 3.43. The fraction of sp³-hybridized carbons (Fsp3) is 0.200. The van der Waals surface area contributed by atoms with Crippen molar-refractivity contribution < 1.29 is 9.73 Å². The first kappa shape index (κ1) is 15.9. The minimum absolute atomic E-state index is 0.401. The molecule has 0 aliphatic heterocycles. The number of hydrogen-bond donors (Lipinski definition) is 1. The van der Waals surface area contributed by atoms with Gasteiger partial charge in [0.1, 0.15) is 18.3 Å². The van der Waals surface area contributed by atoms with Crippen molar-refractivity contribution >= 4 is 11.6 Å². The highest BCUT2D eigenvalue weighted by Gasteiger charge is 2.12. The van der Waals surface area contributed by atoms with Crippen LogP contribution in [0, 0.1) is 6.92 Å². The fourth-order valence-electron chi connectivity index (χ4n) is 2.69. The van der Waals surface area contributed by atoms with Crippen LogP contribution in [0.25, 0.3) is 11.3 Å². The number of benzene rings is 2. The summed E-state index contributed by atoms with van der Waals surface area (Å²) in [5.74, 6) is 1.85. The number of rotatable bonds is 5. The van der Waals surface area contributed by atoms with E-state index in [1.165, 1.54) is 5.56 Å². The van der Waals surface area contributed by atoms with Crippen LogP contribution < -0.4 is 5.32 Å². The van der Waals surface area contributed by atoms with Crippen LogP contribution in [0.1, 0.15) is 29.9 Å². The lowest BCUT2D eigenvalue weighted by Gasteiger charge is -2.09. The number of quaternary nitrogens is 1. The Balaban J connectivity index is 1.69. The van der Waals surface area contributed by atoms with Crippen LogP contribution in [0.3, 0.4) is 0 Å². The lowest BCUT2D eigenvalue weighted by atomic mass is 10.1. The van der Waals surface area contributed by atoms with E-state index < -0.39 is 0 Å². The van der Waals surface area contributed by atoms with Gasteiger partial charge in [-0.1, -0.05) is 54.1 Å². The minimum atomic E-state index is 0.401. The summed E-state index contributed by atoms with van der Waals surface area (Å²) in [5, 5.41) is 3.05. The van der Waals surface area contributed by atoms with Crippen LogP contribution in [0.15, 0.2) is 65.1 Å². The van der Waals surface area contributed by atoms with Crippen LogP contribution in [0.2, 0.25) is 5.02 Å². The van der Waals surface area contributed by atoms with Crippen molar-refractivity contribution in [1.29, 1.82) is 0 Å². The zero-order valence-electron chi connectivity index (χ0n) is 13.4. The molecule has 2 nitrogen and oxygen atoms in total. The van der Waals surface area contributed by atoms with Gasteiger partial charge in [0.2, 0.25) is 0 Å². The average molecular weight is 327 g/mol. The molecule has 0 aliphatic carbocycles. The molecule has 0 amide bonds. The van der Waals surface area contributed by atoms with E-state index in [-0.39, 0.29) is 0 Å². The first-order valence-electron chi connectivity index (χ1n) is 7.87. The van der Waals surface area contributed by atoms with Crippen LogP contribution in [0.5, 0.6) is 0 Å². The molecule has 3 heteroatoms. The molecule has 0 bridgehead atoms. The minimum Gasteiger partial charge on any atom is -0.455 e. The summed E-state index contributed by atoms with van der Waals surface area (Å²) >= 11 is 6.19. The molecule has 0 saturated heterocycles. The van der Waals surface area contributed by atoms with Crippen molar-refractivity contribution in [3.05, 3.63) is 82.6 Å². The Morgan fingerprint density at radius 2 is 1.78 bits per heavy atom. The average Bonchev–Trinajstić information content (AvgIpc) is 3.04. The quantitative estimate of drug-likeness (QED) is 0.721. The zero-order chi connectivity index (χ0) is 16.2. The molecule has 2 aromatic carbocycles. The Labute approximate surface area is 142 Å². The van der Waals surface area contributed by atoms with Crippen molar-refractivity contribution in [3.8, 4) is 11.3 Å². The number of hydrogen-bond acceptors (Lipinski definition) is 1. The number of furan rings is 1. The lowest BCUT2D eigenvalue weighted by molar-refractivity contribution is -0.709. The van der Waals surface area contributed by atoms with E-state index in [4.69, 9.17) is 16.0 Å². The monoisotopic (exact) mass is 326 g/mol. The summed E-state index contributed by atoms with van der Waals surface area (Å²) < 4.78 is 6.00. The van der Waals surface area contributed by atoms with Gasteiger partial charge < -0.3 is 9.73 Å². The highest BCUT2D eigenvalue weighted by molar-refractivity contribution is 6.31. The molecule has 0 unspecified atom stereocenters. The topological polar surface area (TPSA) is 29.8 Å². The molecule has 0 radical (unpaired) electrons. The molecular formula is C20H21ClNO+. The molecule has 0 spiro atoms. The zero-order valence-corrected chi connectivity index (χ0v) is 14.2. The maximum Gasteiger partial charge on any atom is 0.158 e. The van der Waals surface area contributed by atoms with E-state index in [1.54, 1.807) is 0 Å². The third-order valence-corrected chi connectivity index (χ3v) is 4.60. The van der Waals surface area contributed by atoms with E-state index in [0.717, 1.165) is 34.2 Å². The maximum atomic E-state index is 6.19. The number of nitrogens with two attached hydrogens (primary N) is 1. The van der Waals surface area contributed by atoms with Gasteiger partial charge in [0, 0.05) is 16.1 Å². The normalized spacial score (nSPS) is 12.3. The third kappa shape index (κ3) is 3.66. The number of halogens is 1. The van der Waals surface area contributed by atoms with Crippen LogP contribution in [-0.2, 0) is 6.54 Å². The molecule has 3 aromatic rings. The Bertz CT molecular complexity index is 779. The summed E-state index contributed by atoms with van der Waals surface area (Å²) in [6, 6.07) is 20.9. The van der Waals surface area contributed by atoms with Gasteiger partial charge >= 0.3 is 0 Å². The predicted octanol–water partition coefficient (Wildman–Crippen LogP) is 4.73. The second-order valence-corrected chi connectivity index (χ2v) is 6.22. The Morgan fingerprint density at radius 1 is 1.00 bits per heavy atom. The first-order valence-corrected chi connectivity index (χ1v) is 8.25. The Morgan fingerprint density at radius 3 is 2.57 bits per heavy atom. The molecule has 0 saturated carbocycles. The van der Waals surface area contributed by atoms with E-state index in [2.05, 4.69) is 36.5 Å². The van der Waals surface area contributed by atoms with Gasteiger partial charge in [-0.05, 0) is 37.6 Å². The summed E-state index contributed by atoms with van der Waals surface area (Å²) in [6.07, 6.45) is 0.